The molecule has 0 fully saturated rings. The molecule has 1 aromatic rings. The maximum atomic E-state index is 13.6. The predicted octanol–water partition coefficient (Wildman–Crippen LogP) is 4.93. The van der Waals surface area contributed by atoms with E-state index < -0.39 is 29.0 Å². The number of carbonyl (C=O) groups excluding carboxylic acids is 1. The molecule has 22 heavy (non-hydrogen) atoms. The summed E-state index contributed by atoms with van der Waals surface area (Å²) in [7, 11) is 0. The quantitative estimate of drug-likeness (QED) is 0.534. The van der Waals surface area contributed by atoms with E-state index in [-0.39, 0.29) is 6.54 Å². The topological polar surface area (TPSA) is 29.1 Å². The van der Waals surface area contributed by atoms with E-state index in [9.17, 15) is 22.4 Å². The average Bonchev–Trinajstić information content (AvgIpc) is 2.45. The van der Waals surface area contributed by atoms with Gasteiger partial charge in [0, 0.05) is 6.54 Å². The summed E-state index contributed by atoms with van der Waals surface area (Å²) in [6, 6.07) is 2.51. The Bertz CT molecular complexity index is 486. The summed E-state index contributed by atoms with van der Waals surface area (Å²) < 4.78 is 52.0. The van der Waals surface area contributed by atoms with E-state index in [4.69, 9.17) is 0 Å². The number of unbranched alkanes of at least 4 members (excludes halogenated alkanes) is 5. The first-order valence-electron chi connectivity index (χ1n) is 7.51. The largest absolute Gasteiger partial charge is 0.417 e. The monoisotopic (exact) mass is 319 g/mol. The number of halogens is 4. The van der Waals surface area contributed by atoms with Gasteiger partial charge < -0.3 is 5.32 Å². The van der Waals surface area contributed by atoms with Gasteiger partial charge in [-0.2, -0.15) is 13.2 Å². The van der Waals surface area contributed by atoms with Crippen molar-refractivity contribution in [2.75, 3.05) is 6.54 Å². The zero-order valence-corrected chi connectivity index (χ0v) is 12.6. The fraction of sp³-hybridized carbons (Fsp3) is 0.562. The zero-order valence-electron chi connectivity index (χ0n) is 12.6. The van der Waals surface area contributed by atoms with Crippen molar-refractivity contribution in [2.24, 2.45) is 0 Å². The fourth-order valence-corrected chi connectivity index (χ4v) is 2.19. The second-order valence-corrected chi connectivity index (χ2v) is 5.18. The molecule has 0 radical (unpaired) electrons. The summed E-state index contributed by atoms with van der Waals surface area (Å²) in [6.07, 6.45) is 1.22. The van der Waals surface area contributed by atoms with E-state index in [1.54, 1.807) is 0 Å². The van der Waals surface area contributed by atoms with Crippen molar-refractivity contribution in [3.05, 3.63) is 35.1 Å². The van der Waals surface area contributed by atoms with Gasteiger partial charge >= 0.3 is 6.18 Å². The normalized spacial score (nSPS) is 11.5. The van der Waals surface area contributed by atoms with Gasteiger partial charge in [0.1, 0.15) is 5.82 Å². The van der Waals surface area contributed by atoms with Crippen molar-refractivity contribution in [2.45, 2.75) is 51.6 Å². The Kier molecular flexibility index (Phi) is 7.35. The minimum atomic E-state index is -4.76. The van der Waals surface area contributed by atoms with E-state index in [2.05, 4.69) is 12.2 Å². The van der Waals surface area contributed by atoms with Crippen LogP contribution in [0.1, 0.15) is 61.4 Å². The molecule has 2 nitrogen and oxygen atoms in total. The molecule has 0 bridgehead atoms. The van der Waals surface area contributed by atoms with Crippen molar-refractivity contribution in [1.82, 2.24) is 5.32 Å². The molecule has 1 rings (SSSR count). The van der Waals surface area contributed by atoms with E-state index in [1.807, 2.05) is 0 Å². The molecule has 1 aromatic carbocycles. The van der Waals surface area contributed by atoms with Crippen LogP contribution in [-0.2, 0) is 6.18 Å². The lowest BCUT2D eigenvalue weighted by Gasteiger charge is -2.13. The summed E-state index contributed by atoms with van der Waals surface area (Å²) in [5.74, 6) is -2.17. The van der Waals surface area contributed by atoms with Crippen molar-refractivity contribution in [3.63, 3.8) is 0 Å². The van der Waals surface area contributed by atoms with Crippen molar-refractivity contribution in [3.8, 4) is 0 Å². The average molecular weight is 319 g/mol. The van der Waals surface area contributed by atoms with Gasteiger partial charge in [0.15, 0.2) is 0 Å². The van der Waals surface area contributed by atoms with Crippen LogP contribution in [0.5, 0.6) is 0 Å². The number of alkyl halides is 3. The maximum absolute atomic E-state index is 13.6. The standard InChI is InChI=1S/C16H21F4NO/c1-2-3-4-5-6-7-11-21-15(22)14-12(16(18,19)20)9-8-10-13(14)17/h8-10H,2-7,11H2,1H3,(H,21,22). The molecule has 0 saturated carbocycles. The number of hydrogen-bond donors (Lipinski definition) is 1. The van der Waals surface area contributed by atoms with Crippen molar-refractivity contribution < 1.29 is 22.4 Å². The molecule has 0 aliphatic rings. The molecule has 0 unspecified atom stereocenters. The van der Waals surface area contributed by atoms with Crippen LogP contribution in [0, 0.1) is 5.82 Å². The van der Waals surface area contributed by atoms with Crippen LogP contribution in [0.3, 0.4) is 0 Å². The number of amides is 1. The van der Waals surface area contributed by atoms with Crippen LogP contribution in [0.15, 0.2) is 18.2 Å². The Morgan fingerprint density at radius 1 is 1.09 bits per heavy atom. The van der Waals surface area contributed by atoms with Crippen LogP contribution in [0.2, 0.25) is 0 Å². The van der Waals surface area contributed by atoms with Gasteiger partial charge in [-0.25, -0.2) is 4.39 Å². The zero-order chi connectivity index (χ0) is 16.6. The maximum Gasteiger partial charge on any atom is 0.417 e. The first-order chi connectivity index (χ1) is 10.4. The summed E-state index contributed by atoms with van der Waals surface area (Å²) in [5, 5.41) is 2.36. The molecule has 1 N–H and O–H groups in total. The van der Waals surface area contributed by atoms with Gasteiger partial charge in [-0.05, 0) is 18.6 Å². The highest BCUT2D eigenvalue weighted by atomic mass is 19.4. The SMILES string of the molecule is CCCCCCCCNC(=O)c1c(F)cccc1C(F)(F)F. The summed E-state index contributed by atoms with van der Waals surface area (Å²) >= 11 is 0. The van der Waals surface area contributed by atoms with E-state index in [0.29, 0.717) is 12.5 Å². The van der Waals surface area contributed by atoms with Gasteiger partial charge in [-0.1, -0.05) is 45.1 Å². The summed E-state index contributed by atoms with van der Waals surface area (Å²) in [5.41, 5.74) is -2.17. The van der Waals surface area contributed by atoms with Gasteiger partial charge in [0.2, 0.25) is 0 Å². The van der Waals surface area contributed by atoms with Crippen LogP contribution >= 0.6 is 0 Å². The Balaban J connectivity index is 2.56. The number of nitrogens with one attached hydrogen (secondary N) is 1. The predicted molar refractivity (Wildman–Crippen MR) is 77.1 cm³/mol. The number of hydrogen-bond acceptors (Lipinski definition) is 1. The Hall–Kier alpha value is -1.59. The molecule has 0 atom stereocenters. The van der Waals surface area contributed by atoms with Gasteiger partial charge in [0.25, 0.3) is 5.91 Å². The van der Waals surface area contributed by atoms with Crippen LogP contribution in [0.25, 0.3) is 0 Å². The van der Waals surface area contributed by atoms with E-state index in [1.165, 1.54) is 0 Å². The molecular weight excluding hydrogens is 298 g/mol. The summed E-state index contributed by atoms with van der Waals surface area (Å²) in [4.78, 5) is 11.8. The highest BCUT2D eigenvalue weighted by Gasteiger charge is 2.36. The van der Waals surface area contributed by atoms with E-state index in [0.717, 1.165) is 44.2 Å². The van der Waals surface area contributed by atoms with Crippen LogP contribution in [-0.4, -0.2) is 12.5 Å². The van der Waals surface area contributed by atoms with Gasteiger partial charge in [-0.15, -0.1) is 0 Å². The lowest BCUT2D eigenvalue weighted by Crippen LogP contribution is -2.28. The second kappa shape index (κ2) is 8.76. The van der Waals surface area contributed by atoms with E-state index >= 15 is 0 Å². The van der Waals surface area contributed by atoms with Gasteiger partial charge in [-0.3, -0.25) is 4.79 Å². The highest BCUT2D eigenvalue weighted by molar-refractivity contribution is 5.96. The molecule has 0 aromatic heterocycles. The third-order valence-electron chi connectivity index (χ3n) is 3.36. The second-order valence-electron chi connectivity index (χ2n) is 5.18. The van der Waals surface area contributed by atoms with Crippen LogP contribution in [0.4, 0.5) is 17.6 Å². The fourth-order valence-electron chi connectivity index (χ4n) is 2.19. The molecule has 0 spiro atoms. The molecule has 0 saturated heterocycles. The smallest absolute Gasteiger partial charge is 0.352 e. The lowest BCUT2D eigenvalue weighted by atomic mass is 10.1. The molecule has 0 aliphatic carbocycles. The van der Waals surface area contributed by atoms with Crippen LogP contribution < -0.4 is 5.32 Å². The van der Waals surface area contributed by atoms with Gasteiger partial charge in [0.05, 0.1) is 11.1 Å². The Morgan fingerprint density at radius 3 is 2.36 bits per heavy atom. The first kappa shape index (κ1) is 18.5. The molecule has 6 heteroatoms. The molecule has 0 aliphatic heterocycles. The van der Waals surface area contributed by atoms with Crippen molar-refractivity contribution in [1.29, 1.82) is 0 Å². The lowest BCUT2D eigenvalue weighted by molar-refractivity contribution is -0.138. The summed E-state index contributed by atoms with van der Waals surface area (Å²) in [6.45, 7) is 2.35. The number of rotatable bonds is 8. The highest BCUT2D eigenvalue weighted by Crippen LogP contribution is 2.32. The Morgan fingerprint density at radius 2 is 1.73 bits per heavy atom. The third-order valence-corrected chi connectivity index (χ3v) is 3.36. The minimum absolute atomic E-state index is 0.247. The molecule has 0 heterocycles. The number of carbonyl (C=O) groups is 1. The van der Waals surface area contributed by atoms with Crippen molar-refractivity contribution >= 4 is 5.91 Å². The molecule has 1 amide bonds. The third kappa shape index (κ3) is 5.66. The minimum Gasteiger partial charge on any atom is -0.352 e. The molecular formula is C16H21F4NO. The first-order valence-corrected chi connectivity index (χ1v) is 7.51. The number of benzene rings is 1. The Labute approximate surface area is 127 Å². The molecule has 124 valence electrons.